The van der Waals surface area contributed by atoms with Gasteiger partial charge in [0.2, 0.25) is 0 Å². The van der Waals surface area contributed by atoms with E-state index in [2.05, 4.69) is 9.71 Å². The third kappa shape index (κ3) is 6.77. The number of benzene rings is 3. The molecule has 0 radical (unpaired) electrons. The van der Waals surface area contributed by atoms with Crippen LogP contribution < -0.4 is 9.52 Å². The average molecular weight is 572 g/mol. The van der Waals surface area contributed by atoms with Crippen molar-refractivity contribution in [1.82, 2.24) is 4.57 Å². The lowest BCUT2D eigenvalue weighted by atomic mass is 10.2. The Balaban J connectivity index is 1.61. The lowest BCUT2D eigenvalue weighted by molar-refractivity contribution is 0.0526. The normalized spacial score (nSPS) is 12.0. The molecule has 0 bridgehead atoms. The standard InChI is InChI=1S/C27H26FN3O6S2/c1-3-36-16-15-31-23-14-7-19(26(33)37-4-2)17-24(23)38-27(31)29-25(32)18-5-10-21(11-6-18)30-39(34,35)22-12-8-20(28)9-13-22/h5-14,17,30H,3-4,15-16H2,1-2H3. The molecule has 1 aromatic heterocycles. The van der Waals surface area contributed by atoms with E-state index in [4.69, 9.17) is 9.47 Å². The molecule has 1 N–H and O–H groups in total. The molecule has 0 saturated heterocycles. The number of thiazole rings is 1. The number of carbonyl (C=O) groups excluding carboxylic acids is 2. The minimum atomic E-state index is -3.93. The minimum Gasteiger partial charge on any atom is -0.462 e. The summed E-state index contributed by atoms with van der Waals surface area (Å²) < 4.78 is 53.8. The summed E-state index contributed by atoms with van der Waals surface area (Å²) in [5, 5.41) is 0. The number of halogens is 1. The molecule has 12 heteroatoms. The van der Waals surface area contributed by atoms with Gasteiger partial charge in [0.15, 0.2) is 4.80 Å². The molecule has 4 rings (SSSR count). The highest BCUT2D eigenvalue weighted by molar-refractivity contribution is 7.92. The Morgan fingerprint density at radius 1 is 0.974 bits per heavy atom. The SMILES string of the molecule is CCOCCn1c(=NC(=O)c2ccc(NS(=O)(=O)c3ccc(F)cc3)cc2)sc2cc(C(=O)OCC)ccc21. The number of nitrogens with one attached hydrogen (secondary N) is 1. The average Bonchev–Trinajstić information content (AvgIpc) is 3.25. The second kappa shape index (κ2) is 12.3. The number of hydrogen-bond donors (Lipinski definition) is 1. The number of carbonyl (C=O) groups is 2. The van der Waals surface area contributed by atoms with Gasteiger partial charge in [-0.3, -0.25) is 9.52 Å². The Labute approximate surface area is 228 Å². The van der Waals surface area contributed by atoms with Gasteiger partial charge in [0.1, 0.15) is 5.82 Å². The van der Waals surface area contributed by atoms with Crippen molar-refractivity contribution < 1.29 is 31.9 Å². The summed E-state index contributed by atoms with van der Waals surface area (Å²) >= 11 is 1.26. The Morgan fingerprint density at radius 3 is 2.33 bits per heavy atom. The van der Waals surface area contributed by atoms with Gasteiger partial charge in [0.05, 0.1) is 33.9 Å². The van der Waals surface area contributed by atoms with Crippen LogP contribution in [0.4, 0.5) is 10.1 Å². The molecule has 3 aromatic carbocycles. The number of anilines is 1. The molecular weight excluding hydrogens is 545 g/mol. The Bertz CT molecular complexity index is 1660. The van der Waals surface area contributed by atoms with Crippen LogP contribution in [0.3, 0.4) is 0 Å². The van der Waals surface area contributed by atoms with Crippen molar-refractivity contribution in [1.29, 1.82) is 0 Å². The van der Waals surface area contributed by atoms with Crippen LogP contribution in [0.15, 0.2) is 76.6 Å². The maximum Gasteiger partial charge on any atom is 0.338 e. The first kappa shape index (κ1) is 28.1. The smallest absolute Gasteiger partial charge is 0.338 e. The van der Waals surface area contributed by atoms with Gasteiger partial charge in [-0.2, -0.15) is 4.99 Å². The molecule has 4 aromatic rings. The van der Waals surface area contributed by atoms with Crippen LogP contribution in [0, 0.1) is 5.82 Å². The largest absolute Gasteiger partial charge is 0.462 e. The molecule has 9 nitrogen and oxygen atoms in total. The van der Waals surface area contributed by atoms with Crippen LogP contribution in [-0.2, 0) is 26.0 Å². The van der Waals surface area contributed by atoms with E-state index in [0.717, 1.165) is 34.5 Å². The van der Waals surface area contributed by atoms with Crippen molar-refractivity contribution in [3.8, 4) is 0 Å². The van der Waals surface area contributed by atoms with E-state index < -0.39 is 27.7 Å². The van der Waals surface area contributed by atoms with E-state index in [1.54, 1.807) is 25.1 Å². The highest BCUT2D eigenvalue weighted by Crippen LogP contribution is 2.21. The number of sulfonamides is 1. The van der Waals surface area contributed by atoms with Crippen LogP contribution in [0.1, 0.15) is 34.6 Å². The van der Waals surface area contributed by atoms with Crippen molar-refractivity contribution in [2.45, 2.75) is 25.3 Å². The number of fused-ring (bicyclic) bond motifs is 1. The molecule has 1 heterocycles. The highest BCUT2D eigenvalue weighted by Gasteiger charge is 2.16. The van der Waals surface area contributed by atoms with E-state index in [1.807, 2.05) is 11.5 Å². The van der Waals surface area contributed by atoms with Gasteiger partial charge < -0.3 is 14.0 Å². The molecule has 0 aliphatic heterocycles. The minimum absolute atomic E-state index is 0.0912. The second-order valence-corrected chi connectivity index (χ2v) is 10.9. The van der Waals surface area contributed by atoms with Gasteiger partial charge in [-0.05, 0) is 80.6 Å². The van der Waals surface area contributed by atoms with Crippen molar-refractivity contribution in [2.75, 3.05) is 24.5 Å². The fourth-order valence-corrected chi connectivity index (χ4v) is 5.83. The summed E-state index contributed by atoms with van der Waals surface area (Å²) in [6, 6.07) is 15.4. The monoisotopic (exact) mass is 571 g/mol. The zero-order chi connectivity index (χ0) is 28.0. The third-order valence-corrected chi connectivity index (χ3v) is 8.00. The molecule has 0 unspecified atom stereocenters. The summed E-state index contributed by atoms with van der Waals surface area (Å²) in [7, 11) is -3.93. The Morgan fingerprint density at radius 2 is 1.67 bits per heavy atom. The summed E-state index contributed by atoms with van der Waals surface area (Å²) in [5.74, 6) is -1.50. The van der Waals surface area contributed by atoms with Crippen molar-refractivity contribution in [3.63, 3.8) is 0 Å². The van der Waals surface area contributed by atoms with Crippen LogP contribution in [-0.4, -0.2) is 44.7 Å². The molecule has 0 atom stereocenters. The molecule has 0 aliphatic rings. The van der Waals surface area contributed by atoms with Gasteiger partial charge >= 0.3 is 5.97 Å². The number of hydrogen-bond acceptors (Lipinski definition) is 7. The summed E-state index contributed by atoms with van der Waals surface area (Å²) in [6.45, 7) is 5.28. The molecule has 1 amide bonds. The molecule has 0 aliphatic carbocycles. The van der Waals surface area contributed by atoms with Crippen molar-refractivity contribution >= 4 is 49.1 Å². The topological polar surface area (TPSA) is 116 Å². The summed E-state index contributed by atoms with van der Waals surface area (Å²) in [6.07, 6.45) is 0. The first-order chi connectivity index (χ1) is 18.7. The van der Waals surface area contributed by atoms with Gasteiger partial charge in [0.25, 0.3) is 15.9 Å². The Kier molecular flexibility index (Phi) is 8.90. The number of esters is 1. The van der Waals surface area contributed by atoms with Crippen LogP contribution in [0.25, 0.3) is 10.2 Å². The van der Waals surface area contributed by atoms with E-state index in [1.165, 1.54) is 35.6 Å². The van der Waals surface area contributed by atoms with E-state index >= 15 is 0 Å². The van der Waals surface area contributed by atoms with Gasteiger partial charge in [-0.25, -0.2) is 17.6 Å². The second-order valence-electron chi connectivity index (χ2n) is 8.19. The van der Waals surface area contributed by atoms with Gasteiger partial charge in [-0.1, -0.05) is 11.3 Å². The van der Waals surface area contributed by atoms with Gasteiger partial charge in [0, 0.05) is 24.4 Å². The zero-order valence-corrected chi connectivity index (χ0v) is 22.9. The first-order valence-corrected chi connectivity index (χ1v) is 14.4. The van der Waals surface area contributed by atoms with E-state index in [9.17, 15) is 22.4 Å². The lowest BCUT2D eigenvalue weighted by Crippen LogP contribution is -2.19. The molecule has 0 saturated carbocycles. The molecular formula is C27H26FN3O6S2. The van der Waals surface area contributed by atoms with E-state index in [-0.39, 0.29) is 22.8 Å². The maximum atomic E-state index is 13.1. The quantitative estimate of drug-likeness (QED) is 0.220. The lowest BCUT2D eigenvalue weighted by Gasteiger charge is -2.08. The molecule has 204 valence electrons. The summed E-state index contributed by atoms with van der Waals surface area (Å²) in [4.78, 5) is 29.9. The van der Waals surface area contributed by atoms with Crippen molar-refractivity contribution in [2.24, 2.45) is 4.99 Å². The Hall–Kier alpha value is -3.87. The maximum absolute atomic E-state index is 13.1. The number of nitrogens with zero attached hydrogens (tertiary/aromatic N) is 2. The van der Waals surface area contributed by atoms with Crippen LogP contribution in [0.2, 0.25) is 0 Å². The zero-order valence-electron chi connectivity index (χ0n) is 21.2. The number of ether oxygens (including phenoxy) is 2. The van der Waals surface area contributed by atoms with Gasteiger partial charge in [-0.15, -0.1) is 0 Å². The van der Waals surface area contributed by atoms with Crippen LogP contribution in [0.5, 0.6) is 0 Å². The molecule has 0 fully saturated rings. The predicted molar refractivity (Wildman–Crippen MR) is 146 cm³/mol. The number of rotatable bonds is 10. The van der Waals surface area contributed by atoms with E-state index in [0.29, 0.717) is 30.1 Å². The number of aromatic nitrogens is 1. The number of amides is 1. The fourth-order valence-electron chi connectivity index (χ4n) is 3.68. The fraction of sp³-hybridized carbons (Fsp3) is 0.222. The summed E-state index contributed by atoms with van der Waals surface area (Å²) in [5.41, 5.74) is 1.68. The highest BCUT2D eigenvalue weighted by atomic mass is 32.2. The molecule has 0 spiro atoms. The van der Waals surface area contributed by atoms with Crippen molar-refractivity contribution in [3.05, 3.63) is 88.5 Å². The van der Waals surface area contributed by atoms with Crippen LogP contribution >= 0.6 is 11.3 Å². The first-order valence-electron chi connectivity index (χ1n) is 12.1. The molecule has 39 heavy (non-hydrogen) atoms. The third-order valence-electron chi connectivity index (χ3n) is 5.56. The predicted octanol–water partition coefficient (Wildman–Crippen LogP) is 4.60.